The van der Waals surface area contributed by atoms with Crippen LogP contribution in [0.2, 0.25) is 0 Å². The van der Waals surface area contributed by atoms with E-state index in [1.165, 1.54) is 4.90 Å². The SMILES string of the molecule is CC1CCN(C(=O)N(C)C2CCNCC2)C1C(=O)O. The first-order valence-electron chi connectivity index (χ1n) is 6.99. The number of urea groups is 1. The molecule has 0 bridgehead atoms. The molecule has 0 aromatic carbocycles. The summed E-state index contributed by atoms with van der Waals surface area (Å²) in [7, 11) is 1.79. The number of rotatable bonds is 2. The summed E-state index contributed by atoms with van der Waals surface area (Å²) >= 11 is 0. The van der Waals surface area contributed by atoms with Gasteiger partial charge in [0.05, 0.1) is 0 Å². The van der Waals surface area contributed by atoms with Crippen molar-refractivity contribution in [1.82, 2.24) is 15.1 Å². The Morgan fingerprint density at radius 3 is 2.47 bits per heavy atom. The number of hydrogen-bond donors (Lipinski definition) is 2. The van der Waals surface area contributed by atoms with Crippen molar-refractivity contribution in [2.75, 3.05) is 26.7 Å². The van der Waals surface area contributed by atoms with E-state index >= 15 is 0 Å². The molecule has 2 fully saturated rings. The highest BCUT2D eigenvalue weighted by Gasteiger charge is 2.41. The topological polar surface area (TPSA) is 72.9 Å². The zero-order valence-electron chi connectivity index (χ0n) is 11.6. The molecule has 108 valence electrons. The Morgan fingerprint density at radius 1 is 1.26 bits per heavy atom. The molecule has 6 nitrogen and oxygen atoms in total. The molecule has 0 aromatic rings. The molecule has 2 atom stereocenters. The number of hydrogen-bond acceptors (Lipinski definition) is 3. The minimum Gasteiger partial charge on any atom is -0.480 e. The first-order valence-corrected chi connectivity index (χ1v) is 6.99. The molecule has 0 aliphatic carbocycles. The summed E-state index contributed by atoms with van der Waals surface area (Å²) in [5.74, 6) is -0.861. The number of carbonyl (C=O) groups excluding carboxylic acids is 1. The molecule has 2 aliphatic rings. The third kappa shape index (κ3) is 2.83. The van der Waals surface area contributed by atoms with Gasteiger partial charge in [0.15, 0.2) is 0 Å². The summed E-state index contributed by atoms with van der Waals surface area (Å²) in [5.41, 5.74) is 0. The summed E-state index contributed by atoms with van der Waals surface area (Å²) in [6.07, 6.45) is 2.63. The van der Waals surface area contributed by atoms with Crippen LogP contribution >= 0.6 is 0 Å². The lowest BCUT2D eigenvalue weighted by molar-refractivity contribution is -0.142. The predicted molar refractivity (Wildman–Crippen MR) is 71.0 cm³/mol. The largest absolute Gasteiger partial charge is 0.480 e. The first kappa shape index (κ1) is 14.1. The van der Waals surface area contributed by atoms with Crippen LogP contribution in [0, 0.1) is 5.92 Å². The maximum atomic E-state index is 12.5. The van der Waals surface area contributed by atoms with E-state index in [1.807, 2.05) is 6.92 Å². The first-order chi connectivity index (χ1) is 9.02. The monoisotopic (exact) mass is 269 g/mol. The highest BCUT2D eigenvalue weighted by molar-refractivity contribution is 5.83. The van der Waals surface area contributed by atoms with E-state index in [4.69, 9.17) is 0 Å². The lowest BCUT2D eigenvalue weighted by Crippen LogP contribution is -2.52. The minimum absolute atomic E-state index is 0.0304. The van der Waals surface area contributed by atoms with E-state index in [0.717, 1.165) is 32.4 Å². The maximum Gasteiger partial charge on any atom is 0.326 e. The number of nitrogens with one attached hydrogen (secondary N) is 1. The number of likely N-dealkylation sites (tertiary alicyclic amines) is 1. The van der Waals surface area contributed by atoms with E-state index in [0.29, 0.717) is 6.54 Å². The van der Waals surface area contributed by atoms with Gasteiger partial charge in [-0.05, 0) is 38.3 Å². The molecule has 2 N–H and O–H groups in total. The van der Waals surface area contributed by atoms with Crippen molar-refractivity contribution in [3.63, 3.8) is 0 Å². The lowest BCUT2D eigenvalue weighted by atomic mass is 10.0. The standard InChI is InChI=1S/C13H23N3O3/c1-9-5-8-16(11(9)12(17)18)13(19)15(2)10-3-6-14-7-4-10/h9-11,14H,3-8H2,1-2H3,(H,17,18). The quantitative estimate of drug-likeness (QED) is 0.769. The van der Waals surface area contributed by atoms with Crippen molar-refractivity contribution in [3.05, 3.63) is 0 Å². The molecular weight excluding hydrogens is 246 g/mol. The van der Waals surface area contributed by atoms with Crippen LogP contribution in [0.1, 0.15) is 26.2 Å². The molecule has 0 saturated carbocycles. The zero-order valence-corrected chi connectivity index (χ0v) is 11.6. The number of carbonyl (C=O) groups is 2. The van der Waals surface area contributed by atoms with E-state index in [9.17, 15) is 14.7 Å². The van der Waals surface area contributed by atoms with Gasteiger partial charge in [0, 0.05) is 19.6 Å². The van der Waals surface area contributed by atoms with Crippen LogP contribution < -0.4 is 5.32 Å². The fourth-order valence-corrected chi connectivity index (χ4v) is 3.09. The molecular formula is C13H23N3O3. The number of piperidine rings is 1. The number of carboxylic acid groups (broad SMARTS) is 1. The second kappa shape index (κ2) is 5.77. The van der Waals surface area contributed by atoms with E-state index in [-0.39, 0.29) is 18.0 Å². The maximum absolute atomic E-state index is 12.5. The third-order valence-electron chi connectivity index (χ3n) is 4.36. The summed E-state index contributed by atoms with van der Waals surface area (Å²) in [6.45, 7) is 4.28. The van der Waals surface area contributed by atoms with Crippen LogP contribution in [0.25, 0.3) is 0 Å². The minimum atomic E-state index is -0.892. The third-order valence-corrected chi connectivity index (χ3v) is 4.36. The lowest BCUT2D eigenvalue weighted by Gasteiger charge is -2.35. The molecule has 2 unspecified atom stereocenters. The van der Waals surface area contributed by atoms with Gasteiger partial charge in [-0.25, -0.2) is 9.59 Å². The van der Waals surface area contributed by atoms with Gasteiger partial charge in [0.1, 0.15) is 6.04 Å². The zero-order chi connectivity index (χ0) is 14.0. The number of aliphatic carboxylic acids is 1. The Hall–Kier alpha value is -1.30. The van der Waals surface area contributed by atoms with Crippen LogP contribution in [0.5, 0.6) is 0 Å². The molecule has 0 aromatic heterocycles. The van der Waals surface area contributed by atoms with E-state index in [2.05, 4.69) is 5.32 Å². The Morgan fingerprint density at radius 2 is 1.89 bits per heavy atom. The normalized spacial score (nSPS) is 28.4. The van der Waals surface area contributed by atoms with Gasteiger partial charge in [-0.1, -0.05) is 6.92 Å². The van der Waals surface area contributed by atoms with Crippen LogP contribution in [0.3, 0.4) is 0 Å². The molecule has 0 spiro atoms. The summed E-state index contributed by atoms with van der Waals surface area (Å²) in [4.78, 5) is 27.0. The van der Waals surface area contributed by atoms with Crippen molar-refractivity contribution in [2.45, 2.75) is 38.3 Å². The Kier molecular flexibility index (Phi) is 4.29. The summed E-state index contributed by atoms with van der Waals surface area (Å²) < 4.78 is 0. The highest BCUT2D eigenvalue weighted by Crippen LogP contribution is 2.26. The van der Waals surface area contributed by atoms with Gasteiger partial charge >= 0.3 is 12.0 Å². The second-order valence-electron chi connectivity index (χ2n) is 5.62. The molecule has 2 heterocycles. The van der Waals surface area contributed by atoms with Crippen LogP contribution in [-0.4, -0.2) is 65.7 Å². The molecule has 2 aliphatic heterocycles. The fourth-order valence-electron chi connectivity index (χ4n) is 3.09. The molecule has 19 heavy (non-hydrogen) atoms. The van der Waals surface area contributed by atoms with Gasteiger partial charge in [-0.3, -0.25) is 0 Å². The van der Waals surface area contributed by atoms with Gasteiger partial charge in [0.2, 0.25) is 0 Å². The summed E-state index contributed by atoms with van der Waals surface area (Å²) in [6, 6.07) is -0.584. The van der Waals surface area contributed by atoms with Crippen LogP contribution in [0.4, 0.5) is 4.79 Å². The van der Waals surface area contributed by atoms with Crippen molar-refractivity contribution in [1.29, 1.82) is 0 Å². The highest BCUT2D eigenvalue weighted by atomic mass is 16.4. The Balaban J connectivity index is 2.03. The molecule has 6 heteroatoms. The smallest absolute Gasteiger partial charge is 0.326 e. The Bertz CT molecular complexity index is 355. The van der Waals surface area contributed by atoms with Crippen molar-refractivity contribution in [2.24, 2.45) is 5.92 Å². The Labute approximate surface area is 113 Å². The van der Waals surface area contributed by atoms with Crippen LogP contribution in [0.15, 0.2) is 0 Å². The van der Waals surface area contributed by atoms with Crippen molar-refractivity contribution >= 4 is 12.0 Å². The second-order valence-corrected chi connectivity index (χ2v) is 5.62. The summed E-state index contributed by atoms with van der Waals surface area (Å²) in [5, 5.41) is 12.5. The fraction of sp³-hybridized carbons (Fsp3) is 0.846. The number of nitrogens with zero attached hydrogens (tertiary/aromatic N) is 2. The molecule has 2 rings (SSSR count). The van der Waals surface area contributed by atoms with Gasteiger partial charge in [-0.2, -0.15) is 0 Å². The van der Waals surface area contributed by atoms with E-state index in [1.54, 1.807) is 11.9 Å². The molecule has 2 saturated heterocycles. The number of carboxylic acids is 1. The number of amides is 2. The van der Waals surface area contributed by atoms with Crippen LogP contribution in [-0.2, 0) is 4.79 Å². The van der Waals surface area contributed by atoms with Crippen molar-refractivity contribution < 1.29 is 14.7 Å². The van der Waals surface area contributed by atoms with Gasteiger partial charge in [0.25, 0.3) is 0 Å². The van der Waals surface area contributed by atoms with Crippen molar-refractivity contribution in [3.8, 4) is 0 Å². The van der Waals surface area contributed by atoms with Gasteiger partial charge in [-0.15, -0.1) is 0 Å². The predicted octanol–water partition coefficient (Wildman–Crippen LogP) is 0.585. The van der Waals surface area contributed by atoms with Gasteiger partial charge < -0.3 is 20.2 Å². The van der Waals surface area contributed by atoms with E-state index < -0.39 is 12.0 Å². The average molecular weight is 269 g/mol. The molecule has 2 amide bonds. The average Bonchev–Trinajstić information content (AvgIpc) is 2.80. The molecule has 0 radical (unpaired) electrons.